The van der Waals surface area contributed by atoms with E-state index in [4.69, 9.17) is 9.88 Å². The van der Waals surface area contributed by atoms with Crippen LogP contribution in [0, 0.1) is 17.3 Å². The van der Waals surface area contributed by atoms with Crippen molar-refractivity contribution in [1.29, 1.82) is 0 Å². The quantitative estimate of drug-likeness (QED) is 0.679. The number of sulfonamides is 1. The van der Waals surface area contributed by atoms with Crippen molar-refractivity contribution >= 4 is 15.9 Å². The maximum Gasteiger partial charge on any atom is 0.239 e. The van der Waals surface area contributed by atoms with Gasteiger partial charge in [-0.05, 0) is 97.8 Å². The number of amides is 1. The molecule has 1 heterocycles. The van der Waals surface area contributed by atoms with E-state index < -0.39 is 21.7 Å². The second-order valence-corrected chi connectivity index (χ2v) is 12.5. The number of phenols is 1. The fourth-order valence-corrected chi connectivity index (χ4v) is 8.12. The Kier molecular flexibility index (Phi) is 5.98. The Hall–Kier alpha value is -1.64. The number of primary sulfonamides is 1. The van der Waals surface area contributed by atoms with Gasteiger partial charge in [0.2, 0.25) is 15.9 Å². The molecule has 6 atom stereocenters. The summed E-state index contributed by atoms with van der Waals surface area (Å²) in [5.74, 6) is 1.19. The molecule has 1 aliphatic heterocycles. The van der Waals surface area contributed by atoms with Crippen LogP contribution in [0.25, 0.3) is 0 Å². The van der Waals surface area contributed by atoms with Gasteiger partial charge in [0.05, 0.1) is 18.8 Å². The number of phenolic OH excluding ortho intramolecular Hbond substituents is 1. The Labute approximate surface area is 196 Å². The molecule has 1 aromatic carbocycles. The molecule has 33 heavy (non-hydrogen) atoms. The molecule has 1 amide bonds. The number of carbonyl (C=O) groups is 1. The highest BCUT2D eigenvalue weighted by atomic mass is 32.2. The van der Waals surface area contributed by atoms with Gasteiger partial charge < -0.3 is 14.7 Å². The normalized spacial score (nSPS) is 35.7. The third kappa shape index (κ3) is 4.30. The highest BCUT2D eigenvalue weighted by Gasteiger charge is 2.55. The molecule has 1 saturated heterocycles. The van der Waals surface area contributed by atoms with Gasteiger partial charge in [-0.25, -0.2) is 13.6 Å². The first-order valence-electron chi connectivity index (χ1n) is 12.4. The number of likely N-dealkylation sites (tertiary alicyclic amines) is 1. The van der Waals surface area contributed by atoms with E-state index in [1.54, 1.807) is 4.90 Å². The number of benzene rings is 1. The fraction of sp³-hybridized carbons (Fsp3) is 0.720. The zero-order valence-electron chi connectivity index (χ0n) is 19.4. The standard InChI is InChI=1S/C25H36N2O5S/c1-25-11-10-20-19-7-5-18(28)13-16(19)4-6-21(20)22(25)8-9-23(25)32-14-17-3-2-12-27(17)24(29)15-33(26,30)31/h5,7,13,17,20-23,28H,2-4,6,8-12,14-15H2,1H3,(H2,26,30,31). The summed E-state index contributed by atoms with van der Waals surface area (Å²) in [5.41, 5.74) is 2.89. The first-order chi connectivity index (χ1) is 15.7. The molecular formula is C25H36N2O5S. The van der Waals surface area contributed by atoms with E-state index in [-0.39, 0.29) is 17.6 Å². The van der Waals surface area contributed by atoms with Crippen molar-refractivity contribution in [2.24, 2.45) is 22.4 Å². The van der Waals surface area contributed by atoms with E-state index in [1.807, 2.05) is 12.1 Å². The van der Waals surface area contributed by atoms with Gasteiger partial charge in [0.15, 0.2) is 0 Å². The topological polar surface area (TPSA) is 110 Å². The summed E-state index contributed by atoms with van der Waals surface area (Å²) in [5, 5.41) is 15.0. The summed E-state index contributed by atoms with van der Waals surface area (Å²) in [7, 11) is -3.82. The third-order valence-corrected chi connectivity index (χ3v) is 9.78. The summed E-state index contributed by atoms with van der Waals surface area (Å²) in [6.07, 6.45) is 8.60. The largest absolute Gasteiger partial charge is 0.508 e. The summed E-state index contributed by atoms with van der Waals surface area (Å²) >= 11 is 0. The summed E-state index contributed by atoms with van der Waals surface area (Å²) < 4.78 is 29.3. The molecule has 6 unspecified atom stereocenters. The second-order valence-electron chi connectivity index (χ2n) is 10.9. The average molecular weight is 477 g/mol. The number of fused-ring (bicyclic) bond motifs is 5. The summed E-state index contributed by atoms with van der Waals surface area (Å²) in [6.45, 7) is 3.45. The number of nitrogens with zero attached hydrogens (tertiary/aromatic N) is 1. The lowest BCUT2D eigenvalue weighted by Gasteiger charge is -2.50. The predicted octanol–water partition coefficient (Wildman–Crippen LogP) is 2.91. The maximum atomic E-state index is 12.4. The minimum absolute atomic E-state index is 0.0625. The molecule has 3 N–H and O–H groups in total. The van der Waals surface area contributed by atoms with Crippen LogP contribution in [0.3, 0.4) is 0 Å². The molecular weight excluding hydrogens is 440 g/mol. The van der Waals surface area contributed by atoms with Crippen LogP contribution in [0.15, 0.2) is 18.2 Å². The smallest absolute Gasteiger partial charge is 0.239 e. The Morgan fingerprint density at radius 3 is 2.85 bits per heavy atom. The maximum absolute atomic E-state index is 12.4. The van der Waals surface area contributed by atoms with Crippen LogP contribution in [0.2, 0.25) is 0 Å². The van der Waals surface area contributed by atoms with E-state index in [0.717, 1.165) is 38.5 Å². The molecule has 8 heteroatoms. The van der Waals surface area contributed by atoms with Gasteiger partial charge in [-0.15, -0.1) is 0 Å². The molecule has 3 aliphatic carbocycles. The molecule has 0 radical (unpaired) electrons. The molecule has 2 saturated carbocycles. The van der Waals surface area contributed by atoms with E-state index in [9.17, 15) is 18.3 Å². The second kappa shape index (κ2) is 8.54. The number of nitrogens with two attached hydrogens (primary N) is 1. The zero-order valence-corrected chi connectivity index (χ0v) is 20.2. The van der Waals surface area contributed by atoms with Crippen LogP contribution in [0.5, 0.6) is 5.75 Å². The molecule has 0 spiro atoms. The van der Waals surface area contributed by atoms with Crippen LogP contribution in [-0.2, 0) is 26.0 Å². The molecule has 4 aliphatic rings. The van der Waals surface area contributed by atoms with Gasteiger partial charge in [0.1, 0.15) is 11.5 Å². The van der Waals surface area contributed by atoms with Crippen molar-refractivity contribution in [1.82, 2.24) is 4.90 Å². The van der Waals surface area contributed by atoms with Crippen LogP contribution < -0.4 is 5.14 Å². The van der Waals surface area contributed by atoms with E-state index in [2.05, 4.69) is 13.0 Å². The summed E-state index contributed by atoms with van der Waals surface area (Å²) in [4.78, 5) is 14.1. The van der Waals surface area contributed by atoms with Crippen LogP contribution in [-0.4, -0.2) is 55.4 Å². The SMILES string of the molecule is CC12CCC3c4ccc(O)cc4CCC3C1CCC2OCC1CCCN1C(=O)CS(N)(=O)=O. The van der Waals surface area contributed by atoms with Crippen molar-refractivity contribution in [2.75, 3.05) is 18.9 Å². The number of hydrogen-bond donors (Lipinski definition) is 2. The lowest BCUT2D eigenvalue weighted by atomic mass is 9.55. The number of hydrogen-bond acceptors (Lipinski definition) is 5. The van der Waals surface area contributed by atoms with Crippen LogP contribution in [0.1, 0.15) is 68.9 Å². The zero-order chi connectivity index (χ0) is 23.4. The van der Waals surface area contributed by atoms with Crippen molar-refractivity contribution in [3.8, 4) is 5.75 Å². The van der Waals surface area contributed by atoms with Crippen molar-refractivity contribution in [2.45, 2.75) is 76.4 Å². The van der Waals surface area contributed by atoms with Crippen molar-refractivity contribution in [3.63, 3.8) is 0 Å². The van der Waals surface area contributed by atoms with Gasteiger partial charge in [-0.3, -0.25) is 4.79 Å². The first kappa shape index (κ1) is 23.1. The Morgan fingerprint density at radius 2 is 2.06 bits per heavy atom. The Balaban J connectivity index is 1.25. The minimum atomic E-state index is -3.82. The van der Waals surface area contributed by atoms with Crippen molar-refractivity contribution in [3.05, 3.63) is 29.3 Å². The van der Waals surface area contributed by atoms with E-state index in [1.165, 1.54) is 24.0 Å². The molecule has 0 bridgehead atoms. The van der Waals surface area contributed by atoms with Crippen LogP contribution in [0.4, 0.5) is 0 Å². The number of rotatable bonds is 5. The molecule has 7 nitrogen and oxygen atoms in total. The monoisotopic (exact) mass is 476 g/mol. The highest BCUT2D eigenvalue weighted by molar-refractivity contribution is 7.89. The summed E-state index contributed by atoms with van der Waals surface area (Å²) in [6, 6.07) is 5.86. The van der Waals surface area contributed by atoms with Gasteiger partial charge >= 0.3 is 0 Å². The number of aryl methyl sites for hydroxylation is 1. The van der Waals surface area contributed by atoms with Crippen molar-refractivity contribution < 1.29 is 23.1 Å². The lowest BCUT2D eigenvalue weighted by Crippen LogP contribution is -2.46. The van der Waals surface area contributed by atoms with Gasteiger partial charge in [-0.1, -0.05) is 13.0 Å². The molecule has 0 aromatic heterocycles. The number of aromatic hydroxyl groups is 1. The van der Waals surface area contributed by atoms with E-state index in [0.29, 0.717) is 36.7 Å². The average Bonchev–Trinajstić information content (AvgIpc) is 3.34. The van der Waals surface area contributed by atoms with E-state index >= 15 is 0 Å². The van der Waals surface area contributed by atoms with Gasteiger partial charge in [0, 0.05) is 6.54 Å². The highest BCUT2D eigenvalue weighted by Crippen LogP contribution is 2.61. The number of ether oxygens (including phenoxy) is 1. The third-order valence-electron chi connectivity index (χ3n) is 9.14. The molecule has 182 valence electrons. The number of carbonyl (C=O) groups excluding carboxylic acids is 1. The first-order valence-corrected chi connectivity index (χ1v) is 14.1. The fourth-order valence-electron chi connectivity index (χ4n) is 7.61. The lowest BCUT2D eigenvalue weighted by molar-refractivity contribution is -0.132. The predicted molar refractivity (Wildman–Crippen MR) is 125 cm³/mol. The van der Waals surface area contributed by atoms with Gasteiger partial charge in [0.25, 0.3) is 0 Å². The Morgan fingerprint density at radius 1 is 1.24 bits per heavy atom. The molecule has 5 rings (SSSR count). The molecule has 3 fully saturated rings. The van der Waals surface area contributed by atoms with Crippen LogP contribution >= 0.6 is 0 Å². The Bertz CT molecular complexity index is 1030. The molecule has 1 aromatic rings. The minimum Gasteiger partial charge on any atom is -0.508 e. The van der Waals surface area contributed by atoms with Gasteiger partial charge in [-0.2, -0.15) is 0 Å².